The van der Waals surface area contributed by atoms with E-state index in [4.69, 9.17) is 5.11 Å². The highest BCUT2D eigenvalue weighted by molar-refractivity contribution is 5.66. The Morgan fingerprint density at radius 2 is 0.735 bits per heavy atom. The van der Waals surface area contributed by atoms with Crippen LogP contribution < -0.4 is 0 Å². The molecule has 2 nitrogen and oxygen atoms in total. The molecule has 0 aromatic rings. The van der Waals surface area contributed by atoms with Gasteiger partial charge in [0.15, 0.2) is 0 Å². The summed E-state index contributed by atoms with van der Waals surface area (Å²) >= 11 is 0. The molecule has 0 unspecified atom stereocenters. The third kappa shape index (κ3) is 30.7. The number of carboxylic acids is 1. The predicted molar refractivity (Wildman–Crippen MR) is 152 cm³/mol. The third-order valence-corrected chi connectivity index (χ3v) is 6.48. The maximum atomic E-state index is 10.4. The second-order valence-corrected chi connectivity index (χ2v) is 9.95. The highest BCUT2D eigenvalue weighted by atomic mass is 16.4. The standard InChI is InChI=1S/C32H58O2/c1-2-3-4-5-6-7-8-9-10-11-12-13-14-15-16-17-18-19-20-21-22-23-24-25-26-27-28-29-30-31-32(33)34/h7-8,23-24,27-28H,2-6,9-22,25-26,29-31H2,1H3,(H,33,34)/b8-7+,24-23+,28-27+. The third-order valence-electron chi connectivity index (χ3n) is 6.48. The van der Waals surface area contributed by atoms with Gasteiger partial charge in [0.2, 0.25) is 0 Å². The van der Waals surface area contributed by atoms with E-state index in [0.29, 0.717) is 0 Å². The molecule has 0 saturated carbocycles. The minimum absolute atomic E-state index is 0.280. The molecule has 34 heavy (non-hydrogen) atoms. The molecule has 0 saturated heterocycles. The van der Waals surface area contributed by atoms with Crippen LogP contribution in [0.1, 0.15) is 161 Å². The summed E-state index contributed by atoms with van der Waals surface area (Å²) in [7, 11) is 0. The average molecular weight is 475 g/mol. The van der Waals surface area contributed by atoms with E-state index in [1.807, 2.05) is 0 Å². The topological polar surface area (TPSA) is 37.3 Å². The van der Waals surface area contributed by atoms with Crippen LogP contribution in [0.4, 0.5) is 0 Å². The first-order valence-corrected chi connectivity index (χ1v) is 14.9. The highest BCUT2D eigenvalue weighted by Gasteiger charge is 1.94. The molecule has 2 heteroatoms. The highest BCUT2D eigenvalue weighted by Crippen LogP contribution is 2.13. The van der Waals surface area contributed by atoms with Gasteiger partial charge >= 0.3 is 5.97 Å². The molecule has 198 valence electrons. The SMILES string of the molecule is CCCCCC/C=C/CCCCCCCCCCCCCC/C=C/CC/C=C/CCCC(=O)O. The first kappa shape index (κ1) is 32.7. The molecular formula is C32H58O2. The molecule has 0 spiro atoms. The lowest BCUT2D eigenvalue weighted by molar-refractivity contribution is -0.137. The Hall–Kier alpha value is -1.31. The molecule has 0 radical (unpaired) electrons. The summed E-state index contributed by atoms with van der Waals surface area (Å²) < 4.78 is 0. The fourth-order valence-corrected chi connectivity index (χ4v) is 4.25. The van der Waals surface area contributed by atoms with E-state index >= 15 is 0 Å². The van der Waals surface area contributed by atoms with Crippen molar-refractivity contribution in [1.29, 1.82) is 0 Å². The summed E-state index contributed by atoms with van der Waals surface area (Å²) in [6, 6.07) is 0. The van der Waals surface area contributed by atoms with Gasteiger partial charge in [-0.1, -0.05) is 127 Å². The largest absolute Gasteiger partial charge is 0.481 e. The molecule has 0 aromatic heterocycles. The van der Waals surface area contributed by atoms with E-state index in [1.54, 1.807) is 0 Å². The summed E-state index contributed by atoms with van der Waals surface area (Å²) in [5.74, 6) is -0.695. The molecule has 0 amide bonds. The van der Waals surface area contributed by atoms with E-state index in [1.165, 1.54) is 122 Å². The molecule has 0 heterocycles. The summed E-state index contributed by atoms with van der Waals surface area (Å²) in [6.07, 6.45) is 44.1. The lowest BCUT2D eigenvalue weighted by atomic mass is 10.0. The summed E-state index contributed by atoms with van der Waals surface area (Å²) in [6.45, 7) is 2.28. The van der Waals surface area contributed by atoms with E-state index in [-0.39, 0.29) is 6.42 Å². The number of rotatable bonds is 27. The first-order chi connectivity index (χ1) is 16.8. The van der Waals surface area contributed by atoms with Gasteiger partial charge in [-0.2, -0.15) is 0 Å². The van der Waals surface area contributed by atoms with Crippen LogP contribution in [0, 0.1) is 0 Å². The fourth-order valence-electron chi connectivity index (χ4n) is 4.25. The van der Waals surface area contributed by atoms with Crippen LogP contribution in [0.3, 0.4) is 0 Å². The Kier molecular flexibility index (Phi) is 28.6. The number of carboxylic acid groups (broad SMARTS) is 1. The van der Waals surface area contributed by atoms with Crippen LogP contribution in [0.2, 0.25) is 0 Å². The normalized spacial score (nSPS) is 12.0. The van der Waals surface area contributed by atoms with Crippen LogP contribution >= 0.6 is 0 Å². The number of aliphatic carboxylic acids is 1. The quantitative estimate of drug-likeness (QED) is 0.0949. The van der Waals surface area contributed by atoms with Gasteiger partial charge in [-0.15, -0.1) is 0 Å². The van der Waals surface area contributed by atoms with Crippen LogP contribution in [0.25, 0.3) is 0 Å². The number of allylic oxidation sites excluding steroid dienone is 6. The number of carbonyl (C=O) groups is 1. The monoisotopic (exact) mass is 474 g/mol. The number of hydrogen-bond donors (Lipinski definition) is 1. The molecule has 0 aliphatic rings. The minimum Gasteiger partial charge on any atom is -0.481 e. The maximum Gasteiger partial charge on any atom is 0.303 e. The van der Waals surface area contributed by atoms with Crippen LogP contribution in [-0.4, -0.2) is 11.1 Å². The molecule has 0 atom stereocenters. The molecule has 0 aromatic carbocycles. The summed E-state index contributed by atoms with van der Waals surface area (Å²) in [5, 5.41) is 8.58. The first-order valence-electron chi connectivity index (χ1n) is 14.9. The Morgan fingerprint density at radius 1 is 0.441 bits per heavy atom. The van der Waals surface area contributed by atoms with Gasteiger partial charge in [-0.3, -0.25) is 4.79 Å². The van der Waals surface area contributed by atoms with Crippen LogP contribution in [0.5, 0.6) is 0 Å². The van der Waals surface area contributed by atoms with E-state index in [2.05, 4.69) is 43.4 Å². The van der Waals surface area contributed by atoms with E-state index < -0.39 is 5.97 Å². The van der Waals surface area contributed by atoms with Crippen molar-refractivity contribution in [2.75, 3.05) is 0 Å². The Labute approximate surface area is 213 Å². The van der Waals surface area contributed by atoms with Gasteiger partial charge in [-0.05, 0) is 64.2 Å². The lowest BCUT2D eigenvalue weighted by Gasteiger charge is -2.02. The molecule has 0 aliphatic carbocycles. The Morgan fingerprint density at radius 3 is 1.09 bits per heavy atom. The predicted octanol–water partition coefficient (Wildman–Crippen LogP) is 11.1. The van der Waals surface area contributed by atoms with Gasteiger partial charge in [0.25, 0.3) is 0 Å². The molecule has 0 rings (SSSR count). The molecule has 0 fully saturated rings. The van der Waals surface area contributed by atoms with Gasteiger partial charge < -0.3 is 5.11 Å². The minimum atomic E-state index is -0.695. The molecular weight excluding hydrogens is 416 g/mol. The number of unbranched alkanes of at least 4 members (excludes halogenated alkanes) is 19. The van der Waals surface area contributed by atoms with E-state index in [9.17, 15) is 4.79 Å². The summed E-state index contributed by atoms with van der Waals surface area (Å²) in [4.78, 5) is 10.4. The zero-order valence-corrected chi connectivity index (χ0v) is 22.8. The average Bonchev–Trinajstić information content (AvgIpc) is 2.83. The van der Waals surface area contributed by atoms with Gasteiger partial charge in [0.05, 0.1) is 0 Å². The number of hydrogen-bond acceptors (Lipinski definition) is 1. The second kappa shape index (κ2) is 29.7. The van der Waals surface area contributed by atoms with Crippen molar-refractivity contribution in [2.45, 2.75) is 161 Å². The Balaban J connectivity index is 3.16. The van der Waals surface area contributed by atoms with Crippen molar-refractivity contribution in [2.24, 2.45) is 0 Å². The van der Waals surface area contributed by atoms with Gasteiger partial charge in [0.1, 0.15) is 0 Å². The fraction of sp³-hybridized carbons (Fsp3) is 0.781. The van der Waals surface area contributed by atoms with E-state index in [0.717, 1.165) is 25.7 Å². The molecule has 1 N–H and O–H groups in total. The van der Waals surface area contributed by atoms with Gasteiger partial charge in [-0.25, -0.2) is 0 Å². The Bertz CT molecular complexity index is 489. The van der Waals surface area contributed by atoms with Crippen molar-refractivity contribution in [3.63, 3.8) is 0 Å². The van der Waals surface area contributed by atoms with Crippen molar-refractivity contribution in [3.8, 4) is 0 Å². The second-order valence-electron chi connectivity index (χ2n) is 9.95. The van der Waals surface area contributed by atoms with Crippen LogP contribution in [-0.2, 0) is 4.79 Å². The zero-order chi connectivity index (χ0) is 24.8. The molecule has 0 aliphatic heterocycles. The molecule has 0 bridgehead atoms. The van der Waals surface area contributed by atoms with Gasteiger partial charge in [0, 0.05) is 6.42 Å². The summed E-state index contributed by atoms with van der Waals surface area (Å²) in [5.41, 5.74) is 0. The van der Waals surface area contributed by atoms with Crippen molar-refractivity contribution >= 4 is 5.97 Å². The van der Waals surface area contributed by atoms with Crippen LogP contribution in [0.15, 0.2) is 36.5 Å². The van der Waals surface area contributed by atoms with Crippen molar-refractivity contribution in [1.82, 2.24) is 0 Å². The van der Waals surface area contributed by atoms with Crippen molar-refractivity contribution in [3.05, 3.63) is 36.5 Å². The lowest BCUT2D eigenvalue weighted by Crippen LogP contribution is -1.92. The smallest absolute Gasteiger partial charge is 0.303 e. The van der Waals surface area contributed by atoms with Crippen molar-refractivity contribution < 1.29 is 9.90 Å². The maximum absolute atomic E-state index is 10.4. The zero-order valence-electron chi connectivity index (χ0n) is 22.8.